The molecule has 0 N–H and O–H groups in total. The highest BCUT2D eigenvalue weighted by molar-refractivity contribution is 6.07. The van der Waals surface area contributed by atoms with Gasteiger partial charge in [-0.3, -0.25) is 9.59 Å². The molecule has 0 aromatic heterocycles. The van der Waals surface area contributed by atoms with Gasteiger partial charge in [0, 0.05) is 36.0 Å². The first kappa shape index (κ1) is 16.1. The van der Waals surface area contributed by atoms with E-state index in [9.17, 15) is 14.4 Å². The van der Waals surface area contributed by atoms with E-state index in [0.29, 0.717) is 17.8 Å². The zero-order chi connectivity index (χ0) is 18.1. The van der Waals surface area contributed by atoms with E-state index in [0.717, 1.165) is 34.9 Å². The van der Waals surface area contributed by atoms with Gasteiger partial charge in [-0.25, -0.2) is 4.79 Å². The zero-order valence-corrected chi connectivity index (χ0v) is 14.0. The molecule has 0 atom stereocenters. The van der Waals surface area contributed by atoms with Crippen LogP contribution in [0.5, 0.6) is 0 Å². The maximum atomic E-state index is 13.1. The Morgan fingerprint density at radius 1 is 1.04 bits per heavy atom. The number of hydrogen-bond donors (Lipinski definition) is 0. The third kappa shape index (κ3) is 2.86. The van der Waals surface area contributed by atoms with E-state index in [1.54, 1.807) is 29.2 Å². The Morgan fingerprint density at radius 3 is 2.77 bits per heavy atom. The maximum absolute atomic E-state index is 13.1. The topological polar surface area (TPSA) is 69.8 Å². The quantitative estimate of drug-likeness (QED) is 0.785. The first-order chi connectivity index (χ1) is 12.6. The molecule has 6 heteroatoms. The van der Waals surface area contributed by atoms with Crippen molar-refractivity contribution >= 4 is 29.1 Å². The lowest BCUT2D eigenvalue weighted by Gasteiger charge is -2.29. The lowest BCUT2D eigenvalue weighted by atomic mass is 10.0. The largest absolute Gasteiger partial charge is 0.443 e. The molecule has 0 saturated carbocycles. The molecule has 3 amide bonds. The Hall–Kier alpha value is -3.41. The smallest absolute Gasteiger partial charge is 0.308 e. The van der Waals surface area contributed by atoms with E-state index >= 15 is 0 Å². The van der Waals surface area contributed by atoms with Gasteiger partial charge >= 0.3 is 11.8 Å². The molecule has 2 heterocycles. The number of benzene rings is 2. The number of amides is 3. The van der Waals surface area contributed by atoms with Gasteiger partial charge in [0.25, 0.3) is 5.91 Å². The highest BCUT2D eigenvalue weighted by Crippen LogP contribution is 2.28. The van der Waals surface area contributed by atoms with Crippen LogP contribution in [0.2, 0.25) is 0 Å². The van der Waals surface area contributed by atoms with Crippen LogP contribution < -0.4 is 4.90 Å². The monoisotopic (exact) mass is 346 g/mol. The summed E-state index contributed by atoms with van der Waals surface area (Å²) in [7, 11) is 0. The number of anilines is 1. The van der Waals surface area contributed by atoms with Gasteiger partial charge in [0.05, 0.1) is 11.2 Å². The van der Waals surface area contributed by atoms with Gasteiger partial charge in [0.15, 0.2) is 0 Å². The Labute approximate surface area is 150 Å². The number of fused-ring (bicyclic) bond motifs is 1. The summed E-state index contributed by atoms with van der Waals surface area (Å²) in [6.45, 7) is 0.647. The molecule has 0 saturated heterocycles. The third-order valence-electron chi connectivity index (χ3n) is 4.47. The molecule has 2 aliphatic heterocycles. The van der Waals surface area contributed by atoms with E-state index in [1.807, 2.05) is 24.3 Å². The highest BCUT2D eigenvalue weighted by Gasteiger charge is 2.28. The SMILES string of the molecule is O=C1C=CC(=O)[N+](c2cccc(C(=O)N3CCCc4ccccc43)c2)=N1. The van der Waals surface area contributed by atoms with Crippen molar-refractivity contribution in [2.45, 2.75) is 12.8 Å². The molecule has 0 aliphatic carbocycles. The van der Waals surface area contributed by atoms with Crippen LogP contribution >= 0.6 is 0 Å². The molecule has 2 aliphatic rings. The van der Waals surface area contributed by atoms with E-state index in [1.165, 1.54) is 6.08 Å². The number of azo groups is 2. The average molecular weight is 346 g/mol. The minimum atomic E-state index is -0.508. The van der Waals surface area contributed by atoms with Crippen molar-refractivity contribution in [2.24, 2.45) is 5.11 Å². The number of carbonyl (C=O) groups is 3. The van der Waals surface area contributed by atoms with Crippen molar-refractivity contribution in [3.63, 3.8) is 0 Å². The summed E-state index contributed by atoms with van der Waals surface area (Å²) in [6, 6.07) is 14.5. The van der Waals surface area contributed by atoms with Crippen LogP contribution in [0.4, 0.5) is 11.4 Å². The molecule has 128 valence electrons. The number of aryl methyl sites for hydroxylation is 1. The van der Waals surface area contributed by atoms with Crippen molar-refractivity contribution in [3.05, 3.63) is 71.8 Å². The second kappa shape index (κ2) is 6.48. The molecule has 6 nitrogen and oxygen atoms in total. The zero-order valence-electron chi connectivity index (χ0n) is 14.0. The van der Waals surface area contributed by atoms with Gasteiger partial charge in [-0.15, -0.1) is 0 Å². The van der Waals surface area contributed by atoms with Crippen LogP contribution in [-0.4, -0.2) is 29.0 Å². The van der Waals surface area contributed by atoms with E-state index < -0.39 is 11.8 Å². The van der Waals surface area contributed by atoms with Crippen molar-refractivity contribution < 1.29 is 19.1 Å². The fraction of sp³-hybridized carbons (Fsp3) is 0.150. The second-order valence-corrected chi connectivity index (χ2v) is 6.16. The first-order valence-electron chi connectivity index (χ1n) is 8.41. The molecule has 0 fully saturated rings. The number of para-hydroxylation sites is 1. The second-order valence-electron chi connectivity index (χ2n) is 6.16. The number of hydrogen-bond acceptors (Lipinski definition) is 3. The van der Waals surface area contributed by atoms with Gasteiger partial charge in [-0.1, -0.05) is 24.3 Å². The van der Waals surface area contributed by atoms with Crippen LogP contribution in [0.3, 0.4) is 0 Å². The van der Waals surface area contributed by atoms with Crippen LogP contribution in [0.1, 0.15) is 22.3 Å². The number of nitrogens with zero attached hydrogens (tertiary/aromatic N) is 3. The lowest BCUT2D eigenvalue weighted by Crippen LogP contribution is -2.35. The lowest BCUT2D eigenvalue weighted by molar-refractivity contribution is -0.425. The van der Waals surface area contributed by atoms with Crippen LogP contribution in [-0.2, 0) is 16.0 Å². The Balaban J connectivity index is 1.69. The van der Waals surface area contributed by atoms with Crippen molar-refractivity contribution in [3.8, 4) is 0 Å². The molecule has 4 rings (SSSR count). The van der Waals surface area contributed by atoms with Gasteiger partial charge in [0.2, 0.25) is 5.69 Å². The van der Waals surface area contributed by atoms with Crippen molar-refractivity contribution in [2.75, 3.05) is 11.4 Å². The Morgan fingerprint density at radius 2 is 1.88 bits per heavy atom. The molecule has 2 aromatic rings. The van der Waals surface area contributed by atoms with Crippen LogP contribution in [0.15, 0.2) is 65.8 Å². The van der Waals surface area contributed by atoms with Gasteiger partial charge in [-0.05, 0) is 35.2 Å². The minimum Gasteiger partial charge on any atom is -0.308 e. The summed E-state index contributed by atoms with van der Waals surface area (Å²) in [5.74, 6) is -1.06. The average Bonchev–Trinajstić information content (AvgIpc) is 2.69. The van der Waals surface area contributed by atoms with E-state index in [-0.39, 0.29) is 5.91 Å². The molecule has 0 unspecified atom stereocenters. The molecule has 2 aromatic carbocycles. The summed E-state index contributed by atoms with van der Waals surface area (Å²) >= 11 is 0. The first-order valence-corrected chi connectivity index (χ1v) is 8.41. The fourth-order valence-corrected chi connectivity index (χ4v) is 3.25. The summed E-state index contributed by atoms with van der Waals surface area (Å²) in [6.07, 6.45) is 4.15. The predicted octanol–water partition coefficient (Wildman–Crippen LogP) is 3.00. The summed E-state index contributed by atoms with van der Waals surface area (Å²) < 4.78 is 1.02. The fourth-order valence-electron chi connectivity index (χ4n) is 3.25. The molecule has 0 spiro atoms. The maximum Gasteiger partial charge on any atom is 0.443 e. The Bertz CT molecular complexity index is 991. The highest BCUT2D eigenvalue weighted by atomic mass is 16.2. The number of carbonyl (C=O) groups excluding carboxylic acids is 3. The Kier molecular flexibility index (Phi) is 4.01. The van der Waals surface area contributed by atoms with Crippen molar-refractivity contribution in [1.82, 2.24) is 0 Å². The van der Waals surface area contributed by atoms with E-state index in [4.69, 9.17) is 0 Å². The van der Waals surface area contributed by atoms with Crippen LogP contribution in [0, 0.1) is 0 Å². The summed E-state index contributed by atoms with van der Waals surface area (Å²) in [5.41, 5.74) is 2.92. The molecule has 0 radical (unpaired) electrons. The van der Waals surface area contributed by atoms with Crippen molar-refractivity contribution in [1.29, 1.82) is 0 Å². The molecular weight excluding hydrogens is 330 g/mol. The molecule has 0 bridgehead atoms. The molecular formula is C20H16N3O3+. The summed E-state index contributed by atoms with van der Waals surface area (Å²) in [4.78, 5) is 38.3. The van der Waals surface area contributed by atoms with E-state index in [2.05, 4.69) is 5.11 Å². The normalized spacial score (nSPS) is 16.3. The van der Waals surface area contributed by atoms with Gasteiger partial charge in [0.1, 0.15) is 0 Å². The standard InChI is InChI=1S/C20H16N3O3/c24-18-10-11-19(25)23(21-18)16-8-3-6-15(13-16)20(26)22-12-4-7-14-5-1-2-9-17(14)22/h1-3,5-6,8-11,13H,4,7,12H2/q+1. The van der Waals surface area contributed by atoms with Gasteiger partial charge in [-0.2, -0.15) is 0 Å². The predicted molar refractivity (Wildman–Crippen MR) is 94.4 cm³/mol. The third-order valence-corrected chi connectivity index (χ3v) is 4.47. The molecule has 26 heavy (non-hydrogen) atoms. The van der Waals surface area contributed by atoms with Crippen LogP contribution in [0.25, 0.3) is 0 Å². The number of rotatable bonds is 2. The minimum absolute atomic E-state index is 0.134. The van der Waals surface area contributed by atoms with Gasteiger partial charge < -0.3 is 4.90 Å². The summed E-state index contributed by atoms with van der Waals surface area (Å²) in [5, 5.41) is 3.72.